The molecule has 12 aromatic rings. The van der Waals surface area contributed by atoms with Crippen molar-refractivity contribution in [1.82, 2.24) is 19.9 Å². The summed E-state index contributed by atoms with van der Waals surface area (Å²) < 4.78 is 0. The van der Waals surface area contributed by atoms with Gasteiger partial charge in [0.05, 0.1) is 11.2 Å². The van der Waals surface area contributed by atoms with Gasteiger partial charge >= 0.3 is 0 Å². The number of rotatable bonds is 8. The minimum Gasteiger partial charge on any atom is -0.247 e. The van der Waals surface area contributed by atoms with Crippen LogP contribution in [0.3, 0.4) is 0 Å². The van der Waals surface area contributed by atoms with Crippen molar-refractivity contribution < 1.29 is 0 Å². The Morgan fingerprint density at radius 2 is 0.791 bits per heavy atom. The van der Waals surface area contributed by atoms with Crippen LogP contribution in [-0.2, 0) is 0 Å². The highest BCUT2D eigenvalue weighted by Crippen LogP contribution is 2.40. The van der Waals surface area contributed by atoms with Crippen LogP contribution in [0.15, 0.2) is 231 Å². The first-order chi connectivity index (χ1) is 33.1. The van der Waals surface area contributed by atoms with Crippen LogP contribution in [0.5, 0.6) is 0 Å². The monoisotopic (exact) mass is 854 g/mol. The zero-order chi connectivity index (χ0) is 44.7. The summed E-state index contributed by atoms with van der Waals surface area (Å²) in [6.45, 7) is 2.05. The largest absolute Gasteiger partial charge is 0.247 e. The van der Waals surface area contributed by atoms with Gasteiger partial charge in [0.2, 0.25) is 0 Å². The molecule has 12 rings (SSSR count). The third kappa shape index (κ3) is 7.61. The van der Waals surface area contributed by atoms with E-state index in [1.54, 1.807) is 0 Å². The second kappa shape index (κ2) is 16.9. The van der Waals surface area contributed by atoms with E-state index in [1.165, 1.54) is 26.9 Å². The second-order valence-corrected chi connectivity index (χ2v) is 17.0. The number of hydrogen-bond acceptors (Lipinski definition) is 4. The molecule has 2 heterocycles. The number of fused-ring (bicyclic) bond motifs is 6. The molecule has 0 saturated heterocycles. The van der Waals surface area contributed by atoms with Crippen LogP contribution in [0.2, 0.25) is 0 Å². The second-order valence-electron chi connectivity index (χ2n) is 17.0. The van der Waals surface area contributed by atoms with E-state index in [2.05, 4.69) is 237 Å². The first-order valence-electron chi connectivity index (χ1n) is 22.7. The third-order valence-corrected chi connectivity index (χ3v) is 12.8. The zero-order valence-electron chi connectivity index (χ0n) is 36.8. The molecule has 0 bridgehead atoms. The van der Waals surface area contributed by atoms with Crippen molar-refractivity contribution in [3.63, 3.8) is 0 Å². The molecule has 10 aromatic carbocycles. The number of pyridine rings is 1. The van der Waals surface area contributed by atoms with E-state index < -0.39 is 0 Å². The van der Waals surface area contributed by atoms with Gasteiger partial charge in [-0.05, 0) is 110 Å². The van der Waals surface area contributed by atoms with E-state index in [4.69, 9.17) is 19.9 Å². The van der Waals surface area contributed by atoms with Crippen molar-refractivity contribution in [2.45, 2.75) is 6.92 Å². The van der Waals surface area contributed by atoms with Crippen molar-refractivity contribution >= 4 is 60.1 Å². The van der Waals surface area contributed by atoms with E-state index in [9.17, 15) is 0 Å². The van der Waals surface area contributed by atoms with Gasteiger partial charge in [-0.15, -0.1) is 0 Å². The molecule has 2 aromatic heterocycles. The summed E-state index contributed by atoms with van der Waals surface area (Å²) in [4.78, 5) is 20.7. The average molecular weight is 855 g/mol. The van der Waals surface area contributed by atoms with Gasteiger partial charge in [0.25, 0.3) is 0 Å². The fraction of sp³-hybridized carbons (Fsp3) is 0.0159. The molecule has 0 aliphatic carbocycles. The lowest BCUT2D eigenvalue weighted by molar-refractivity contribution is 1.08. The standard InChI is InChI=1S/C63H42N4/c1-2-3-4-20-50-39-55(40-57-59(50)56-23-11-12-24-58(56)64-60(57)51-32-29-41-14-5-8-17-46(41)35-51)45-27-25-44(26-28-45)49-21-13-22-52(36-49)61-65-62(53-33-30-42-15-6-9-18-47(42)37-53)67-63(66-61)54-34-31-43-16-7-10-19-48(43)38-54/h2-40H,1H3/b3-2-,20-4-. The number of aromatic nitrogens is 4. The first-order valence-corrected chi connectivity index (χ1v) is 22.7. The molecule has 0 fully saturated rings. The topological polar surface area (TPSA) is 51.6 Å². The molecule has 0 aliphatic rings. The lowest BCUT2D eigenvalue weighted by atomic mass is 9.91. The quantitative estimate of drug-likeness (QED) is 0.113. The lowest BCUT2D eigenvalue weighted by Gasteiger charge is -2.15. The van der Waals surface area contributed by atoms with Crippen LogP contribution in [0, 0.1) is 0 Å². The van der Waals surface area contributed by atoms with Gasteiger partial charge in [-0.25, -0.2) is 19.9 Å². The predicted octanol–water partition coefficient (Wildman–Crippen LogP) is 16.6. The summed E-state index contributed by atoms with van der Waals surface area (Å²) in [7, 11) is 0. The van der Waals surface area contributed by atoms with Gasteiger partial charge < -0.3 is 0 Å². The molecule has 0 unspecified atom stereocenters. The van der Waals surface area contributed by atoms with E-state index in [1.807, 2.05) is 6.92 Å². The van der Waals surface area contributed by atoms with Gasteiger partial charge in [-0.2, -0.15) is 0 Å². The van der Waals surface area contributed by atoms with Crippen LogP contribution >= 0.6 is 0 Å². The Morgan fingerprint density at radius 1 is 0.313 bits per heavy atom. The Bertz CT molecular complexity index is 3840. The maximum absolute atomic E-state index is 5.36. The Kier molecular flexibility index (Phi) is 10.0. The molecule has 314 valence electrons. The fourth-order valence-corrected chi connectivity index (χ4v) is 9.35. The summed E-state index contributed by atoms with van der Waals surface area (Å²) in [5.41, 5.74) is 11.4. The Morgan fingerprint density at radius 3 is 1.39 bits per heavy atom. The normalized spacial score (nSPS) is 11.8. The molecule has 0 N–H and O–H groups in total. The van der Waals surface area contributed by atoms with Crippen LogP contribution in [-0.4, -0.2) is 19.9 Å². The maximum atomic E-state index is 5.36. The zero-order valence-corrected chi connectivity index (χ0v) is 36.8. The van der Waals surface area contributed by atoms with Crippen molar-refractivity contribution in [3.05, 3.63) is 236 Å². The molecule has 4 heteroatoms. The molecular formula is C63H42N4. The predicted molar refractivity (Wildman–Crippen MR) is 282 cm³/mol. The number of hydrogen-bond donors (Lipinski definition) is 0. The van der Waals surface area contributed by atoms with Crippen LogP contribution < -0.4 is 0 Å². The summed E-state index contributed by atoms with van der Waals surface area (Å²) in [6, 6.07) is 75.3. The van der Waals surface area contributed by atoms with Gasteiger partial charge in [-0.3, -0.25) is 0 Å². The molecule has 0 atom stereocenters. The Hall–Kier alpha value is -8.86. The smallest absolute Gasteiger partial charge is 0.164 e. The lowest BCUT2D eigenvalue weighted by Crippen LogP contribution is -2.00. The van der Waals surface area contributed by atoms with Crippen LogP contribution in [0.1, 0.15) is 12.5 Å². The van der Waals surface area contributed by atoms with Gasteiger partial charge in [0.15, 0.2) is 17.5 Å². The van der Waals surface area contributed by atoms with Crippen LogP contribution in [0.25, 0.3) is 128 Å². The summed E-state index contributed by atoms with van der Waals surface area (Å²) in [5.74, 6) is 1.89. The summed E-state index contributed by atoms with van der Waals surface area (Å²) in [5, 5.41) is 10.5. The van der Waals surface area contributed by atoms with E-state index in [-0.39, 0.29) is 0 Å². The average Bonchev–Trinajstić information content (AvgIpc) is 3.40. The van der Waals surface area contributed by atoms with Gasteiger partial charge in [0.1, 0.15) is 0 Å². The number of allylic oxidation sites excluding steroid dienone is 3. The molecule has 0 spiro atoms. The minimum atomic E-state index is 0.623. The summed E-state index contributed by atoms with van der Waals surface area (Å²) >= 11 is 0. The van der Waals surface area contributed by atoms with E-state index in [0.717, 1.165) is 82.8 Å². The third-order valence-electron chi connectivity index (χ3n) is 12.8. The highest BCUT2D eigenvalue weighted by molar-refractivity contribution is 6.15. The van der Waals surface area contributed by atoms with Crippen molar-refractivity contribution in [3.8, 4) is 67.7 Å². The van der Waals surface area contributed by atoms with Crippen molar-refractivity contribution in [1.29, 1.82) is 0 Å². The highest BCUT2D eigenvalue weighted by Gasteiger charge is 2.17. The number of para-hydroxylation sites is 1. The number of nitrogens with zero attached hydrogens (tertiary/aromatic N) is 4. The van der Waals surface area contributed by atoms with E-state index >= 15 is 0 Å². The minimum absolute atomic E-state index is 0.623. The molecule has 0 radical (unpaired) electrons. The molecule has 4 nitrogen and oxygen atoms in total. The molecule has 0 saturated carbocycles. The Balaban J connectivity index is 0.955. The number of benzene rings is 10. The van der Waals surface area contributed by atoms with Crippen LogP contribution in [0.4, 0.5) is 0 Å². The Labute approximate surface area is 389 Å². The molecule has 0 aliphatic heterocycles. The molecule has 67 heavy (non-hydrogen) atoms. The fourth-order valence-electron chi connectivity index (χ4n) is 9.35. The molecule has 0 amide bonds. The van der Waals surface area contributed by atoms with Gasteiger partial charge in [0, 0.05) is 38.4 Å². The van der Waals surface area contributed by atoms with Crippen molar-refractivity contribution in [2.24, 2.45) is 0 Å². The van der Waals surface area contributed by atoms with E-state index in [0.29, 0.717) is 17.5 Å². The maximum Gasteiger partial charge on any atom is 0.164 e. The first kappa shape index (κ1) is 39.7. The van der Waals surface area contributed by atoms with Gasteiger partial charge in [-0.1, -0.05) is 194 Å². The highest BCUT2D eigenvalue weighted by atomic mass is 15.0. The summed E-state index contributed by atoms with van der Waals surface area (Å²) in [6.07, 6.45) is 8.49. The SMILES string of the molecule is C/C=C\C=C/c1cc(-c2ccc(-c3cccc(-c4nc(-c5ccc6ccccc6c5)nc(-c5ccc6ccccc6c5)n4)c3)cc2)cc2c(-c3ccc4ccccc4c3)nc3ccccc3c12. The van der Waals surface area contributed by atoms with Crippen molar-refractivity contribution in [2.75, 3.05) is 0 Å². The molecular weight excluding hydrogens is 813 g/mol.